The number of aryl methyl sites for hydroxylation is 1. The van der Waals surface area contributed by atoms with Crippen LogP contribution in [0.5, 0.6) is 0 Å². The number of aromatic carboxylic acids is 1. The minimum absolute atomic E-state index is 0.0504. The molecule has 0 saturated carbocycles. The van der Waals surface area contributed by atoms with Crippen molar-refractivity contribution >= 4 is 23.2 Å². The third kappa shape index (κ3) is 1.40. The summed E-state index contributed by atoms with van der Waals surface area (Å²) in [6, 6.07) is 5.42. The maximum atomic E-state index is 10.8. The van der Waals surface area contributed by atoms with Gasteiger partial charge < -0.3 is 10.1 Å². The highest BCUT2D eigenvalue weighted by Crippen LogP contribution is 2.22. The number of hydrogen-bond acceptors (Lipinski definition) is 2. The Balaban J connectivity index is 2.85. The van der Waals surface area contributed by atoms with Crippen LogP contribution in [0, 0.1) is 6.92 Å². The van der Waals surface area contributed by atoms with Crippen LogP contribution in [0.2, 0.25) is 0 Å². The van der Waals surface area contributed by atoms with E-state index >= 15 is 0 Å². The molecule has 2 rings (SSSR count). The maximum Gasteiger partial charge on any atom is 0.353 e. The number of carboxylic acid groups (broad SMARTS) is 1. The topological polar surface area (TPSA) is 70.2 Å². The van der Waals surface area contributed by atoms with Gasteiger partial charge >= 0.3 is 5.97 Å². The monoisotopic (exact) mass is 203 g/mol. The number of aldehydes is 1. The van der Waals surface area contributed by atoms with E-state index in [9.17, 15) is 9.59 Å². The number of carbonyl (C=O) groups is 2. The van der Waals surface area contributed by atoms with E-state index < -0.39 is 5.97 Å². The zero-order valence-electron chi connectivity index (χ0n) is 8.07. The SMILES string of the molecule is Cc1ccc2[nH]c(C(=O)O)c(C=O)c2c1. The normalized spacial score (nSPS) is 10.5. The molecule has 1 heterocycles. The average Bonchev–Trinajstić information content (AvgIpc) is 2.55. The van der Waals surface area contributed by atoms with Gasteiger partial charge in [-0.1, -0.05) is 11.6 Å². The first kappa shape index (κ1) is 9.45. The molecule has 0 fully saturated rings. The Morgan fingerprint density at radius 3 is 2.80 bits per heavy atom. The summed E-state index contributed by atoms with van der Waals surface area (Å²) in [5, 5.41) is 9.53. The zero-order chi connectivity index (χ0) is 11.0. The molecule has 0 unspecified atom stereocenters. The number of benzene rings is 1. The Hall–Kier alpha value is -2.10. The third-order valence-electron chi connectivity index (χ3n) is 2.33. The first-order valence-electron chi connectivity index (χ1n) is 4.44. The van der Waals surface area contributed by atoms with Crippen molar-refractivity contribution in [3.63, 3.8) is 0 Å². The van der Waals surface area contributed by atoms with Crippen LogP contribution in [0.4, 0.5) is 0 Å². The van der Waals surface area contributed by atoms with Crippen molar-refractivity contribution in [2.45, 2.75) is 6.92 Å². The number of aromatic nitrogens is 1. The van der Waals surface area contributed by atoms with E-state index in [0.29, 0.717) is 17.2 Å². The van der Waals surface area contributed by atoms with Crippen LogP contribution in [0.15, 0.2) is 18.2 Å². The van der Waals surface area contributed by atoms with E-state index in [1.54, 1.807) is 12.1 Å². The van der Waals surface area contributed by atoms with E-state index in [4.69, 9.17) is 5.11 Å². The number of nitrogens with one attached hydrogen (secondary N) is 1. The Kier molecular flexibility index (Phi) is 2.04. The van der Waals surface area contributed by atoms with Crippen molar-refractivity contribution in [3.05, 3.63) is 35.0 Å². The molecule has 0 spiro atoms. The summed E-state index contributed by atoms with van der Waals surface area (Å²) >= 11 is 0. The van der Waals surface area contributed by atoms with Gasteiger partial charge in [-0.3, -0.25) is 4.79 Å². The smallest absolute Gasteiger partial charge is 0.353 e. The summed E-state index contributed by atoms with van der Waals surface area (Å²) < 4.78 is 0. The summed E-state index contributed by atoms with van der Waals surface area (Å²) in [4.78, 5) is 24.4. The molecular weight excluding hydrogens is 194 g/mol. The van der Waals surface area contributed by atoms with E-state index in [0.717, 1.165) is 5.56 Å². The highest BCUT2D eigenvalue weighted by Gasteiger charge is 2.15. The molecule has 0 aliphatic rings. The van der Waals surface area contributed by atoms with Crippen LogP contribution < -0.4 is 0 Å². The van der Waals surface area contributed by atoms with Gasteiger partial charge in [0.2, 0.25) is 0 Å². The number of H-pyrrole nitrogens is 1. The van der Waals surface area contributed by atoms with E-state index in [1.165, 1.54) is 0 Å². The summed E-state index contributed by atoms with van der Waals surface area (Å²) in [7, 11) is 0. The Morgan fingerprint density at radius 1 is 1.47 bits per heavy atom. The van der Waals surface area contributed by atoms with Crippen LogP contribution in [0.25, 0.3) is 10.9 Å². The molecule has 4 heteroatoms. The Labute approximate surface area is 85.5 Å². The van der Waals surface area contributed by atoms with Gasteiger partial charge in [0.1, 0.15) is 5.69 Å². The molecular formula is C11H9NO3. The molecule has 1 aromatic heterocycles. The van der Waals surface area contributed by atoms with Crippen molar-refractivity contribution in [2.75, 3.05) is 0 Å². The third-order valence-corrected chi connectivity index (χ3v) is 2.33. The molecule has 0 amide bonds. The number of carboxylic acids is 1. The quantitative estimate of drug-likeness (QED) is 0.733. The second kappa shape index (κ2) is 3.24. The number of hydrogen-bond donors (Lipinski definition) is 2. The van der Waals surface area contributed by atoms with Gasteiger partial charge in [0.05, 0.1) is 5.56 Å². The van der Waals surface area contributed by atoms with Crippen molar-refractivity contribution in [3.8, 4) is 0 Å². The number of aromatic amines is 1. The van der Waals surface area contributed by atoms with E-state index in [-0.39, 0.29) is 11.3 Å². The molecule has 15 heavy (non-hydrogen) atoms. The predicted molar refractivity (Wildman–Crippen MR) is 55.4 cm³/mol. The van der Waals surface area contributed by atoms with Crippen molar-refractivity contribution in [1.29, 1.82) is 0 Å². The lowest BCUT2D eigenvalue weighted by Gasteiger charge is -1.92. The molecule has 0 aliphatic carbocycles. The molecule has 0 bridgehead atoms. The first-order chi connectivity index (χ1) is 7.13. The minimum Gasteiger partial charge on any atom is -0.477 e. The van der Waals surface area contributed by atoms with Crippen LogP contribution in [-0.2, 0) is 0 Å². The predicted octanol–water partition coefficient (Wildman–Crippen LogP) is 1.99. The van der Waals surface area contributed by atoms with E-state index in [1.807, 2.05) is 13.0 Å². The lowest BCUT2D eigenvalue weighted by atomic mass is 10.1. The van der Waals surface area contributed by atoms with Crippen molar-refractivity contribution in [2.24, 2.45) is 0 Å². The van der Waals surface area contributed by atoms with Crippen LogP contribution >= 0.6 is 0 Å². The maximum absolute atomic E-state index is 10.8. The summed E-state index contributed by atoms with van der Waals surface area (Å²) in [6.45, 7) is 1.89. The average molecular weight is 203 g/mol. The zero-order valence-corrected chi connectivity index (χ0v) is 8.07. The van der Waals surface area contributed by atoms with Gasteiger partial charge in [-0.25, -0.2) is 4.79 Å². The fourth-order valence-electron chi connectivity index (χ4n) is 1.62. The Bertz CT molecular complexity index is 554. The number of carbonyl (C=O) groups excluding carboxylic acids is 1. The van der Waals surface area contributed by atoms with Gasteiger partial charge in [0.15, 0.2) is 6.29 Å². The highest BCUT2D eigenvalue weighted by atomic mass is 16.4. The molecule has 0 radical (unpaired) electrons. The number of rotatable bonds is 2. The molecule has 1 aromatic carbocycles. The van der Waals surface area contributed by atoms with Crippen LogP contribution in [0.3, 0.4) is 0 Å². The Morgan fingerprint density at radius 2 is 2.20 bits per heavy atom. The summed E-state index contributed by atoms with van der Waals surface area (Å²) in [6.07, 6.45) is 0.571. The first-order valence-corrected chi connectivity index (χ1v) is 4.44. The lowest BCUT2D eigenvalue weighted by molar-refractivity contribution is 0.0688. The van der Waals surface area contributed by atoms with Crippen LogP contribution in [-0.4, -0.2) is 22.3 Å². The van der Waals surface area contributed by atoms with Crippen LogP contribution in [0.1, 0.15) is 26.4 Å². The molecule has 0 saturated heterocycles. The van der Waals surface area contributed by atoms with Crippen molar-refractivity contribution < 1.29 is 14.7 Å². The molecule has 2 N–H and O–H groups in total. The van der Waals surface area contributed by atoms with Gasteiger partial charge in [-0.05, 0) is 19.1 Å². The van der Waals surface area contributed by atoms with Gasteiger partial charge in [-0.15, -0.1) is 0 Å². The minimum atomic E-state index is -1.12. The van der Waals surface area contributed by atoms with Gasteiger partial charge in [0, 0.05) is 10.9 Å². The highest BCUT2D eigenvalue weighted by molar-refractivity contribution is 6.07. The molecule has 76 valence electrons. The standard InChI is InChI=1S/C11H9NO3/c1-6-2-3-9-7(4-6)8(5-13)10(12-9)11(14)15/h2-5,12H,1H3,(H,14,15). The van der Waals surface area contributed by atoms with E-state index in [2.05, 4.69) is 4.98 Å². The molecule has 0 atom stereocenters. The van der Waals surface area contributed by atoms with Gasteiger partial charge in [-0.2, -0.15) is 0 Å². The lowest BCUT2D eigenvalue weighted by Crippen LogP contribution is -2.00. The van der Waals surface area contributed by atoms with Crippen molar-refractivity contribution in [1.82, 2.24) is 4.98 Å². The summed E-state index contributed by atoms with van der Waals surface area (Å²) in [5.41, 5.74) is 1.81. The second-order valence-electron chi connectivity index (χ2n) is 3.39. The van der Waals surface area contributed by atoms with Gasteiger partial charge in [0.25, 0.3) is 0 Å². The molecule has 0 aliphatic heterocycles. The molecule has 2 aromatic rings. The number of fused-ring (bicyclic) bond motifs is 1. The fraction of sp³-hybridized carbons (Fsp3) is 0.0909. The summed E-state index contributed by atoms with van der Waals surface area (Å²) in [5.74, 6) is -1.12. The fourth-order valence-corrected chi connectivity index (χ4v) is 1.62. The largest absolute Gasteiger partial charge is 0.477 e. The molecule has 4 nitrogen and oxygen atoms in total. The second-order valence-corrected chi connectivity index (χ2v) is 3.39.